The number of hydrogen-bond acceptors (Lipinski definition) is 2. The van der Waals surface area contributed by atoms with E-state index in [1.54, 1.807) is 0 Å². The Balaban J connectivity index is 2.39. The van der Waals surface area contributed by atoms with E-state index in [9.17, 15) is 8.42 Å². The molecule has 0 bridgehead atoms. The van der Waals surface area contributed by atoms with Gasteiger partial charge in [-0.1, -0.05) is 24.1 Å². The van der Waals surface area contributed by atoms with E-state index >= 15 is 0 Å². The van der Waals surface area contributed by atoms with E-state index in [4.69, 9.17) is 23.2 Å². The Morgan fingerprint density at radius 2 is 1.84 bits per heavy atom. The molecule has 0 saturated carbocycles. The molecule has 0 N–H and O–H groups in total. The molecule has 1 aliphatic heterocycles. The van der Waals surface area contributed by atoms with Crippen molar-refractivity contribution in [1.82, 2.24) is 0 Å². The first-order valence-electron chi connectivity index (χ1n) is 6.45. The smallest absolute Gasteiger partial charge is 0.154 e. The Bertz CT molecular complexity index is 581. The molecule has 1 heterocycles. The summed E-state index contributed by atoms with van der Waals surface area (Å²) < 4.78 is 24.3. The van der Waals surface area contributed by atoms with Gasteiger partial charge in [-0.2, -0.15) is 0 Å². The molecule has 1 fully saturated rings. The van der Waals surface area contributed by atoms with E-state index in [0.29, 0.717) is 11.4 Å². The number of rotatable bonds is 2. The Kier molecular flexibility index (Phi) is 4.49. The van der Waals surface area contributed by atoms with Crippen molar-refractivity contribution < 1.29 is 8.42 Å². The molecule has 0 amide bonds. The van der Waals surface area contributed by atoms with E-state index in [0.717, 1.165) is 29.5 Å². The van der Waals surface area contributed by atoms with E-state index in [2.05, 4.69) is 0 Å². The van der Waals surface area contributed by atoms with Crippen molar-refractivity contribution in [2.24, 2.45) is 0 Å². The second-order valence-corrected chi connectivity index (χ2v) is 8.48. The van der Waals surface area contributed by atoms with Crippen LogP contribution in [0.1, 0.15) is 41.3 Å². The molecule has 2 atom stereocenters. The van der Waals surface area contributed by atoms with Crippen LogP contribution in [0.5, 0.6) is 0 Å². The van der Waals surface area contributed by atoms with Crippen molar-refractivity contribution in [2.75, 3.05) is 5.75 Å². The first-order valence-corrected chi connectivity index (χ1v) is 8.98. The number of sulfone groups is 1. The van der Waals surface area contributed by atoms with Crippen molar-refractivity contribution in [3.8, 4) is 0 Å². The summed E-state index contributed by atoms with van der Waals surface area (Å²) in [6.07, 6.45) is 2.28. The molecule has 5 heteroatoms. The van der Waals surface area contributed by atoms with Crippen LogP contribution >= 0.6 is 23.2 Å². The second kappa shape index (κ2) is 5.63. The molecular weight excluding hydrogens is 303 g/mol. The fraction of sp³-hybridized carbons (Fsp3) is 0.571. The summed E-state index contributed by atoms with van der Waals surface area (Å²) in [5.41, 5.74) is 2.91. The molecule has 0 aliphatic carbocycles. The zero-order valence-electron chi connectivity index (χ0n) is 11.1. The molecule has 1 aromatic carbocycles. The minimum Gasteiger partial charge on any atom is -0.228 e. The highest BCUT2D eigenvalue weighted by Crippen LogP contribution is 2.39. The molecule has 2 nitrogen and oxygen atoms in total. The van der Waals surface area contributed by atoms with Crippen LogP contribution in [-0.4, -0.2) is 19.4 Å². The van der Waals surface area contributed by atoms with Gasteiger partial charge in [0.25, 0.3) is 0 Å². The number of benzene rings is 1. The van der Waals surface area contributed by atoms with Crippen LogP contribution in [-0.2, 0) is 9.84 Å². The van der Waals surface area contributed by atoms with Crippen molar-refractivity contribution in [3.63, 3.8) is 0 Å². The highest BCUT2D eigenvalue weighted by Gasteiger charge is 2.36. The molecule has 0 aromatic heterocycles. The van der Waals surface area contributed by atoms with Gasteiger partial charge in [-0.15, -0.1) is 11.6 Å². The van der Waals surface area contributed by atoms with Gasteiger partial charge in [0.1, 0.15) is 0 Å². The van der Waals surface area contributed by atoms with Crippen molar-refractivity contribution in [3.05, 3.63) is 33.8 Å². The van der Waals surface area contributed by atoms with Crippen LogP contribution in [0.25, 0.3) is 0 Å². The van der Waals surface area contributed by atoms with Crippen molar-refractivity contribution >= 4 is 33.0 Å². The fourth-order valence-electron chi connectivity index (χ4n) is 2.52. The Morgan fingerprint density at radius 3 is 2.47 bits per heavy atom. The quantitative estimate of drug-likeness (QED) is 0.765. The van der Waals surface area contributed by atoms with Gasteiger partial charge in [-0.3, -0.25) is 0 Å². The summed E-state index contributed by atoms with van der Waals surface area (Å²) in [6.45, 7) is 3.96. The number of halogens is 2. The first kappa shape index (κ1) is 15.1. The van der Waals surface area contributed by atoms with Gasteiger partial charge in [0, 0.05) is 5.02 Å². The topological polar surface area (TPSA) is 34.1 Å². The first-order chi connectivity index (χ1) is 8.83. The third kappa shape index (κ3) is 3.09. The van der Waals surface area contributed by atoms with Gasteiger partial charge in [-0.05, 0) is 49.4 Å². The van der Waals surface area contributed by atoms with Crippen molar-refractivity contribution in [2.45, 2.75) is 43.7 Å². The van der Waals surface area contributed by atoms with Crippen LogP contribution in [0.2, 0.25) is 5.02 Å². The molecular formula is C14H18Cl2O2S. The zero-order chi connectivity index (χ0) is 14.2. The van der Waals surface area contributed by atoms with Crippen LogP contribution < -0.4 is 0 Å². The third-order valence-corrected chi connectivity index (χ3v) is 7.17. The predicted octanol–water partition coefficient (Wildman–Crippen LogP) is 4.20. The third-order valence-electron chi connectivity index (χ3n) is 3.87. The predicted molar refractivity (Wildman–Crippen MR) is 80.9 cm³/mol. The average molecular weight is 321 g/mol. The van der Waals surface area contributed by atoms with Gasteiger partial charge < -0.3 is 0 Å². The van der Waals surface area contributed by atoms with E-state index in [1.165, 1.54) is 0 Å². The van der Waals surface area contributed by atoms with E-state index in [-0.39, 0.29) is 5.75 Å². The fourth-order valence-corrected chi connectivity index (χ4v) is 5.64. The largest absolute Gasteiger partial charge is 0.228 e. The maximum Gasteiger partial charge on any atom is 0.154 e. The van der Waals surface area contributed by atoms with Gasteiger partial charge in [0.15, 0.2) is 9.84 Å². The Morgan fingerprint density at radius 1 is 1.21 bits per heavy atom. The van der Waals surface area contributed by atoms with Crippen LogP contribution in [0.4, 0.5) is 0 Å². The summed E-state index contributed by atoms with van der Waals surface area (Å²) in [5, 5.41) is -0.511. The molecule has 2 unspecified atom stereocenters. The molecule has 1 aliphatic rings. The minimum absolute atomic E-state index is 0.239. The summed E-state index contributed by atoms with van der Waals surface area (Å²) >= 11 is 12.7. The minimum atomic E-state index is -3.10. The van der Waals surface area contributed by atoms with Gasteiger partial charge in [-0.25, -0.2) is 8.42 Å². The molecule has 2 rings (SSSR count). The van der Waals surface area contributed by atoms with Gasteiger partial charge in [0.05, 0.1) is 16.4 Å². The average Bonchev–Trinajstić information content (AvgIpc) is 2.32. The zero-order valence-corrected chi connectivity index (χ0v) is 13.4. The Hall–Kier alpha value is -0.250. The van der Waals surface area contributed by atoms with Crippen molar-refractivity contribution in [1.29, 1.82) is 0 Å². The lowest BCUT2D eigenvalue weighted by molar-refractivity contribution is 0.534. The SMILES string of the molecule is Cc1cc(Cl)c(C(Cl)C2CCCCS2(=O)=O)cc1C. The lowest BCUT2D eigenvalue weighted by Gasteiger charge is -2.27. The monoisotopic (exact) mass is 320 g/mol. The van der Waals surface area contributed by atoms with Crippen LogP contribution in [0.3, 0.4) is 0 Å². The lowest BCUT2D eigenvalue weighted by atomic mass is 10.0. The highest BCUT2D eigenvalue weighted by atomic mass is 35.5. The maximum atomic E-state index is 12.1. The van der Waals surface area contributed by atoms with E-state index in [1.807, 2.05) is 26.0 Å². The number of hydrogen-bond donors (Lipinski definition) is 0. The second-order valence-electron chi connectivity index (χ2n) is 5.26. The number of aryl methyl sites for hydroxylation is 2. The van der Waals surface area contributed by atoms with E-state index < -0.39 is 20.5 Å². The summed E-state index contributed by atoms with van der Waals surface area (Å²) in [7, 11) is -3.10. The molecule has 0 spiro atoms. The van der Waals surface area contributed by atoms with Gasteiger partial charge >= 0.3 is 0 Å². The highest BCUT2D eigenvalue weighted by molar-refractivity contribution is 7.92. The van der Waals surface area contributed by atoms with Crippen LogP contribution in [0, 0.1) is 13.8 Å². The molecule has 1 aromatic rings. The summed E-state index contributed by atoms with van der Waals surface area (Å²) in [6, 6.07) is 3.77. The summed E-state index contributed by atoms with van der Waals surface area (Å²) in [5.74, 6) is 0.239. The normalized spacial score (nSPS) is 24.1. The maximum absolute atomic E-state index is 12.1. The number of alkyl halides is 1. The standard InChI is InChI=1S/C14H18Cl2O2S/c1-9-7-11(12(15)8-10(9)2)14(16)13-5-3-4-6-19(13,17)18/h7-8,13-14H,3-6H2,1-2H3. The molecule has 1 saturated heterocycles. The van der Waals surface area contributed by atoms with Gasteiger partial charge in [0.2, 0.25) is 0 Å². The molecule has 0 radical (unpaired) electrons. The van der Waals surface area contributed by atoms with Crippen LogP contribution in [0.15, 0.2) is 12.1 Å². The summed E-state index contributed by atoms with van der Waals surface area (Å²) in [4.78, 5) is 0. The Labute approximate surface area is 125 Å². The molecule has 106 valence electrons. The lowest BCUT2D eigenvalue weighted by Crippen LogP contribution is -2.32. The molecule has 19 heavy (non-hydrogen) atoms.